The molecule has 1 unspecified atom stereocenters. The second-order valence-corrected chi connectivity index (χ2v) is 4.61. The Morgan fingerprint density at radius 3 is 2.22 bits per heavy atom. The van der Waals surface area contributed by atoms with Gasteiger partial charge in [0, 0.05) is 19.3 Å². The molecular formula is C13H19F3N2O5. The number of carboxylic acids is 1. The van der Waals surface area contributed by atoms with Crippen molar-refractivity contribution in [2.24, 2.45) is 0 Å². The van der Waals surface area contributed by atoms with Gasteiger partial charge in [0.2, 0.25) is 0 Å². The number of carbonyl (C=O) groups is 2. The number of nitrogens with one attached hydrogen (secondary N) is 1. The van der Waals surface area contributed by atoms with Gasteiger partial charge in [0.15, 0.2) is 18.1 Å². The lowest BCUT2D eigenvalue weighted by atomic mass is 10.1. The maximum Gasteiger partial charge on any atom is 0.420 e. The second kappa shape index (κ2) is 8.53. The first-order valence-corrected chi connectivity index (χ1v) is 6.45. The first kappa shape index (κ1) is 20.9. The van der Waals surface area contributed by atoms with Crippen LogP contribution in [0.4, 0.5) is 13.2 Å². The highest BCUT2D eigenvalue weighted by molar-refractivity contribution is 5.73. The summed E-state index contributed by atoms with van der Waals surface area (Å²) in [6.07, 6.45) is -7.05. The van der Waals surface area contributed by atoms with E-state index in [4.69, 9.17) is 5.11 Å². The van der Waals surface area contributed by atoms with Gasteiger partial charge in [-0.05, 0) is 13.8 Å². The summed E-state index contributed by atoms with van der Waals surface area (Å²) in [4.78, 5) is 22.1. The van der Waals surface area contributed by atoms with Gasteiger partial charge in [-0.2, -0.15) is 13.2 Å². The van der Waals surface area contributed by atoms with Gasteiger partial charge in [-0.1, -0.05) is 6.08 Å². The molecule has 2 atom stereocenters. The van der Waals surface area contributed by atoms with Crippen LogP contribution in [0.5, 0.6) is 0 Å². The molecule has 10 heteroatoms. The van der Waals surface area contributed by atoms with E-state index >= 15 is 0 Å². The Kier molecular flexibility index (Phi) is 7.77. The summed E-state index contributed by atoms with van der Waals surface area (Å²) in [5.74, 6) is -2.44. The van der Waals surface area contributed by atoms with Crippen LogP contribution in [0, 0.1) is 0 Å². The number of hydrogen-bond acceptors (Lipinski definition) is 6. The molecule has 0 aliphatic carbocycles. The van der Waals surface area contributed by atoms with Crippen LogP contribution < -0.4 is 5.32 Å². The van der Waals surface area contributed by atoms with Crippen LogP contribution in [0.2, 0.25) is 0 Å². The minimum atomic E-state index is -5.10. The number of allylic oxidation sites excluding steroid dienone is 2. The van der Waals surface area contributed by atoms with Crippen LogP contribution in [-0.4, -0.2) is 64.4 Å². The average molecular weight is 340 g/mol. The van der Waals surface area contributed by atoms with Gasteiger partial charge in [0.1, 0.15) is 11.7 Å². The number of aliphatic carboxylic acids is 1. The van der Waals surface area contributed by atoms with E-state index in [1.54, 1.807) is 0 Å². The van der Waals surface area contributed by atoms with E-state index < -0.39 is 35.7 Å². The molecule has 0 spiro atoms. The van der Waals surface area contributed by atoms with Crippen molar-refractivity contribution in [2.75, 3.05) is 13.6 Å². The largest absolute Gasteiger partial charge is 0.503 e. The minimum Gasteiger partial charge on any atom is -0.503 e. The van der Waals surface area contributed by atoms with E-state index in [1.807, 2.05) is 0 Å². The Morgan fingerprint density at radius 2 is 1.87 bits per heavy atom. The maximum absolute atomic E-state index is 12.7. The number of aldehydes is 1. The standard InChI is InChI=1S/C13H19F3N2O5/c1-4-8(5-17-7(2)12(22)23)18(3)10(9(20)6-19)11(21)13(14,15)16/h4,6-7,11,17,20-21H,5H2,1-3H3,(H,22,23)/b8-4-,10-9+/t7-,11?/m0/s1. The van der Waals surface area contributed by atoms with Gasteiger partial charge in [0.25, 0.3) is 0 Å². The van der Waals surface area contributed by atoms with E-state index in [2.05, 4.69) is 5.32 Å². The highest BCUT2D eigenvalue weighted by Crippen LogP contribution is 2.29. The molecule has 0 rings (SSSR count). The van der Waals surface area contributed by atoms with Crippen molar-refractivity contribution in [3.63, 3.8) is 0 Å². The molecule has 23 heavy (non-hydrogen) atoms. The van der Waals surface area contributed by atoms with Crippen molar-refractivity contribution < 1.29 is 38.1 Å². The van der Waals surface area contributed by atoms with E-state index in [1.165, 1.54) is 19.9 Å². The van der Waals surface area contributed by atoms with E-state index in [0.29, 0.717) is 0 Å². The summed E-state index contributed by atoms with van der Waals surface area (Å²) in [5.41, 5.74) is -0.935. The molecule has 0 aromatic heterocycles. The number of nitrogens with zero attached hydrogens (tertiary/aromatic N) is 1. The molecule has 0 aromatic carbocycles. The third-order valence-corrected chi connectivity index (χ3v) is 3.03. The first-order chi connectivity index (χ1) is 10.5. The molecular weight excluding hydrogens is 321 g/mol. The van der Waals surface area contributed by atoms with Crippen molar-refractivity contribution in [2.45, 2.75) is 32.2 Å². The minimum absolute atomic E-state index is 0.116. The normalized spacial score (nSPS) is 16.4. The molecule has 0 amide bonds. The third kappa shape index (κ3) is 5.91. The molecule has 0 aromatic rings. The van der Waals surface area contributed by atoms with Gasteiger partial charge >= 0.3 is 12.1 Å². The quantitative estimate of drug-likeness (QED) is 0.294. The average Bonchev–Trinajstić information content (AvgIpc) is 2.46. The van der Waals surface area contributed by atoms with Crippen LogP contribution in [0.25, 0.3) is 0 Å². The Labute approximate surface area is 130 Å². The second-order valence-electron chi connectivity index (χ2n) is 4.61. The maximum atomic E-state index is 12.7. The molecule has 132 valence electrons. The van der Waals surface area contributed by atoms with Crippen LogP contribution in [-0.2, 0) is 9.59 Å². The predicted octanol–water partition coefficient (Wildman–Crippen LogP) is 0.776. The number of likely N-dealkylation sites (N-methyl/N-ethyl adjacent to an activating group) is 1. The van der Waals surface area contributed by atoms with Gasteiger partial charge in [-0.15, -0.1) is 0 Å². The molecule has 0 radical (unpaired) electrons. The predicted molar refractivity (Wildman–Crippen MR) is 74.4 cm³/mol. The SMILES string of the molecule is C/C=C(/CN[C@@H](C)C(=O)O)N(C)/C(=C(/O)C=O)C(O)C(F)(F)F. The lowest BCUT2D eigenvalue weighted by Crippen LogP contribution is -2.42. The summed E-state index contributed by atoms with van der Waals surface area (Å²) in [7, 11) is 1.10. The molecule has 0 saturated carbocycles. The fourth-order valence-electron chi connectivity index (χ4n) is 1.62. The fraction of sp³-hybridized carbons (Fsp3) is 0.538. The summed E-state index contributed by atoms with van der Waals surface area (Å²) < 4.78 is 38.1. The Hall–Kier alpha value is -2.07. The number of aliphatic hydroxyl groups excluding tert-OH is 2. The first-order valence-electron chi connectivity index (χ1n) is 6.45. The van der Waals surface area contributed by atoms with Gasteiger partial charge in [-0.3, -0.25) is 14.9 Å². The summed E-state index contributed by atoms with van der Waals surface area (Å²) in [6, 6.07) is -0.974. The molecule has 0 fully saturated rings. The van der Waals surface area contributed by atoms with Crippen molar-refractivity contribution >= 4 is 12.3 Å². The van der Waals surface area contributed by atoms with Crippen molar-refractivity contribution in [3.05, 3.63) is 23.2 Å². The van der Waals surface area contributed by atoms with Gasteiger partial charge < -0.3 is 20.2 Å². The molecule has 0 heterocycles. The van der Waals surface area contributed by atoms with Gasteiger partial charge in [-0.25, -0.2) is 0 Å². The van der Waals surface area contributed by atoms with Crippen LogP contribution in [0.15, 0.2) is 23.2 Å². The number of carboxylic acid groups (broad SMARTS) is 1. The van der Waals surface area contributed by atoms with Gasteiger partial charge in [0.05, 0.1) is 0 Å². The smallest absolute Gasteiger partial charge is 0.420 e. The van der Waals surface area contributed by atoms with Crippen molar-refractivity contribution in [3.8, 4) is 0 Å². The zero-order valence-electron chi connectivity index (χ0n) is 12.8. The molecule has 0 aliphatic heterocycles. The van der Waals surface area contributed by atoms with E-state index in [9.17, 15) is 33.0 Å². The lowest BCUT2D eigenvalue weighted by Gasteiger charge is -2.30. The number of rotatable bonds is 8. The monoisotopic (exact) mass is 340 g/mol. The topological polar surface area (TPSA) is 110 Å². The van der Waals surface area contributed by atoms with Crippen LogP contribution in [0.3, 0.4) is 0 Å². The number of carbonyl (C=O) groups excluding carboxylic acids is 1. The van der Waals surface area contributed by atoms with Crippen LogP contribution >= 0.6 is 0 Å². The fourth-order valence-corrected chi connectivity index (χ4v) is 1.62. The molecule has 0 aliphatic rings. The Bertz CT molecular complexity index is 502. The van der Waals surface area contributed by atoms with Crippen molar-refractivity contribution in [1.29, 1.82) is 0 Å². The third-order valence-electron chi connectivity index (χ3n) is 3.03. The summed E-state index contributed by atoms with van der Waals surface area (Å²) in [6.45, 7) is 2.63. The molecule has 4 N–H and O–H groups in total. The summed E-state index contributed by atoms with van der Waals surface area (Å²) in [5, 5.41) is 30.0. The number of aliphatic hydroxyl groups is 2. The Morgan fingerprint density at radius 1 is 1.35 bits per heavy atom. The lowest BCUT2D eigenvalue weighted by molar-refractivity contribution is -0.196. The highest BCUT2D eigenvalue weighted by atomic mass is 19.4. The molecule has 7 nitrogen and oxygen atoms in total. The molecule has 0 saturated heterocycles. The van der Waals surface area contributed by atoms with E-state index in [-0.39, 0.29) is 18.5 Å². The highest BCUT2D eigenvalue weighted by Gasteiger charge is 2.44. The zero-order chi connectivity index (χ0) is 18.4. The number of alkyl halides is 3. The Balaban J connectivity index is 5.48. The number of hydrogen-bond donors (Lipinski definition) is 4. The van der Waals surface area contributed by atoms with Crippen molar-refractivity contribution in [1.82, 2.24) is 10.2 Å². The number of halogens is 3. The molecule has 0 bridgehead atoms. The van der Waals surface area contributed by atoms with Crippen LogP contribution in [0.1, 0.15) is 13.8 Å². The zero-order valence-corrected chi connectivity index (χ0v) is 12.8. The summed E-state index contributed by atoms with van der Waals surface area (Å²) >= 11 is 0. The van der Waals surface area contributed by atoms with E-state index in [0.717, 1.165) is 11.9 Å².